The van der Waals surface area contributed by atoms with Crippen molar-refractivity contribution in [2.75, 3.05) is 21.3 Å². The lowest BCUT2D eigenvalue weighted by Gasteiger charge is -2.28. The highest BCUT2D eigenvalue weighted by Crippen LogP contribution is 2.27. The second kappa shape index (κ2) is 15.7. The number of allylic oxidation sites excluding steroid dienone is 2. The average molecular weight is 402 g/mol. The Morgan fingerprint density at radius 1 is 0.852 bits per heavy atom. The van der Waals surface area contributed by atoms with E-state index in [9.17, 15) is 0 Å². The van der Waals surface area contributed by atoms with Gasteiger partial charge < -0.3 is 19.0 Å². The minimum atomic E-state index is -2.44. The van der Waals surface area contributed by atoms with Crippen molar-refractivity contribution in [3.8, 4) is 0 Å². The number of rotatable bonds is 18. The van der Waals surface area contributed by atoms with Crippen molar-refractivity contribution in [1.82, 2.24) is 0 Å². The summed E-state index contributed by atoms with van der Waals surface area (Å²) in [5.41, 5.74) is 6.20. The van der Waals surface area contributed by atoms with E-state index in [1.54, 1.807) is 21.3 Å². The maximum atomic E-state index is 6.31. The van der Waals surface area contributed by atoms with Gasteiger partial charge in [-0.15, -0.1) is 0 Å². The Balaban J connectivity index is 4.20. The molecule has 0 aromatic rings. The average Bonchev–Trinajstić information content (AvgIpc) is 2.63. The van der Waals surface area contributed by atoms with Gasteiger partial charge in [0.05, 0.1) is 0 Å². The summed E-state index contributed by atoms with van der Waals surface area (Å²) >= 11 is 0. The summed E-state index contributed by atoms with van der Waals surface area (Å²) in [6.45, 7) is 6.52. The number of hydrogen-bond acceptors (Lipinski definition) is 4. The maximum Gasteiger partial charge on any atom is 0.500 e. The molecule has 0 aromatic carbocycles. The van der Waals surface area contributed by atoms with Gasteiger partial charge in [0, 0.05) is 32.9 Å². The van der Waals surface area contributed by atoms with Gasteiger partial charge in [-0.25, -0.2) is 0 Å². The summed E-state index contributed by atoms with van der Waals surface area (Å²) in [7, 11) is 2.63. The van der Waals surface area contributed by atoms with Gasteiger partial charge >= 0.3 is 8.80 Å². The van der Waals surface area contributed by atoms with E-state index in [-0.39, 0.29) is 5.54 Å². The molecule has 0 radical (unpaired) electrons. The van der Waals surface area contributed by atoms with Gasteiger partial charge in [0.15, 0.2) is 0 Å². The van der Waals surface area contributed by atoms with Gasteiger partial charge in [0.2, 0.25) is 0 Å². The van der Waals surface area contributed by atoms with Gasteiger partial charge in [-0.1, -0.05) is 57.6 Å². The monoisotopic (exact) mass is 401 g/mol. The van der Waals surface area contributed by atoms with Crippen molar-refractivity contribution >= 4 is 8.80 Å². The number of nitrogens with two attached hydrogens (primary N) is 1. The van der Waals surface area contributed by atoms with Gasteiger partial charge in [-0.2, -0.15) is 0 Å². The first-order valence-corrected chi connectivity index (χ1v) is 12.8. The molecule has 0 aliphatic carbocycles. The van der Waals surface area contributed by atoms with Crippen LogP contribution < -0.4 is 5.73 Å². The smallest absolute Gasteiger partial charge is 0.377 e. The lowest BCUT2D eigenvalue weighted by atomic mass is 9.85. The molecule has 1 atom stereocenters. The first-order valence-electron chi connectivity index (χ1n) is 10.9. The van der Waals surface area contributed by atoms with Crippen LogP contribution in [-0.4, -0.2) is 35.7 Å². The third kappa shape index (κ3) is 14.4. The summed E-state index contributed by atoms with van der Waals surface area (Å²) in [6.07, 6.45) is 18.3. The minimum absolute atomic E-state index is 0.106. The van der Waals surface area contributed by atoms with Crippen LogP contribution in [0.4, 0.5) is 0 Å². The largest absolute Gasteiger partial charge is 0.500 e. The molecule has 0 aliphatic rings. The topological polar surface area (TPSA) is 53.7 Å². The second-order valence-electron chi connectivity index (χ2n) is 8.50. The van der Waals surface area contributed by atoms with E-state index in [0.717, 1.165) is 18.9 Å². The van der Waals surface area contributed by atoms with E-state index in [1.807, 2.05) is 0 Å². The SMILES string of the molecule is CCCC/C=C\CCCCCC(CCC[Si](OC)(OC)OC)CC(C)(C)N. The standard InChI is InChI=1S/C22H47NO3Si/c1-7-8-9-10-11-12-13-14-15-17-21(20-22(2,3)23)18-16-19-27(24-4,25-5)26-6/h10-11,21H,7-9,12-20,23H2,1-6H3/b11-10-. The Morgan fingerprint density at radius 3 is 1.93 bits per heavy atom. The molecule has 0 fully saturated rings. The first kappa shape index (κ1) is 26.8. The van der Waals surface area contributed by atoms with Crippen LogP contribution in [0.3, 0.4) is 0 Å². The van der Waals surface area contributed by atoms with E-state index in [0.29, 0.717) is 5.92 Å². The molecule has 0 amide bonds. The van der Waals surface area contributed by atoms with Crippen molar-refractivity contribution in [2.45, 2.75) is 103 Å². The zero-order valence-corrected chi connectivity index (χ0v) is 20.0. The van der Waals surface area contributed by atoms with Crippen LogP contribution in [0, 0.1) is 5.92 Å². The summed E-state index contributed by atoms with van der Waals surface area (Å²) in [6, 6.07) is 0.876. The predicted octanol–water partition coefficient (Wildman–Crippen LogP) is 6.09. The molecule has 1 unspecified atom stereocenters. The third-order valence-electron chi connectivity index (χ3n) is 5.22. The Morgan fingerprint density at radius 2 is 1.41 bits per heavy atom. The molecular weight excluding hydrogens is 354 g/mol. The summed E-state index contributed by atoms with van der Waals surface area (Å²) in [5.74, 6) is 0.669. The van der Waals surface area contributed by atoms with E-state index in [2.05, 4.69) is 32.9 Å². The van der Waals surface area contributed by atoms with E-state index >= 15 is 0 Å². The number of unbranched alkanes of at least 4 members (excludes halogenated alkanes) is 5. The molecule has 27 heavy (non-hydrogen) atoms. The lowest BCUT2D eigenvalue weighted by molar-refractivity contribution is 0.122. The summed E-state index contributed by atoms with van der Waals surface area (Å²) in [5, 5.41) is 0. The normalized spacial score (nSPS) is 14.2. The molecule has 0 rings (SSSR count). The van der Waals surface area contributed by atoms with E-state index in [1.165, 1.54) is 57.8 Å². The molecule has 0 aromatic heterocycles. The Labute approximate surface area is 170 Å². The van der Waals surface area contributed by atoms with Crippen LogP contribution in [0.5, 0.6) is 0 Å². The quantitative estimate of drug-likeness (QED) is 0.172. The fraction of sp³-hybridized carbons (Fsp3) is 0.909. The molecule has 0 aliphatic heterocycles. The molecule has 5 heteroatoms. The molecule has 0 bridgehead atoms. The lowest BCUT2D eigenvalue weighted by Crippen LogP contribution is -2.42. The van der Waals surface area contributed by atoms with Crippen LogP contribution in [0.15, 0.2) is 12.2 Å². The zero-order valence-electron chi connectivity index (χ0n) is 19.0. The van der Waals surface area contributed by atoms with Crippen molar-refractivity contribution in [3.63, 3.8) is 0 Å². The molecule has 0 saturated heterocycles. The van der Waals surface area contributed by atoms with Gasteiger partial charge in [0.1, 0.15) is 0 Å². The fourth-order valence-corrected chi connectivity index (χ4v) is 5.44. The molecule has 0 heterocycles. The molecule has 162 valence electrons. The molecule has 0 saturated carbocycles. The van der Waals surface area contributed by atoms with Gasteiger partial charge in [-0.05, 0) is 51.9 Å². The van der Waals surface area contributed by atoms with Crippen molar-refractivity contribution in [3.05, 3.63) is 12.2 Å². The van der Waals surface area contributed by atoms with Crippen LogP contribution >= 0.6 is 0 Å². The van der Waals surface area contributed by atoms with E-state index < -0.39 is 8.80 Å². The second-order valence-corrected chi connectivity index (χ2v) is 11.6. The van der Waals surface area contributed by atoms with Crippen molar-refractivity contribution in [1.29, 1.82) is 0 Å². The van der Waals surface area contributed by atoms with Crippen LogP contribution in [-0.2, 0) is 13.3 Å². The highest BCUT2D eigenvalue weighted by atomic mass is 28.4. The Kier molecular flexibility index (Phi) is 15.6. The van der Waals surface area contributed by atoms with Crippen LogP contribution in [0.2, 0.25) is 6.04 Å². The molecule has 2 N–H and O–H groups in total. The predicted molar refractivity (Wildman–Crippen MR) is 119 cm³/mol. The highest BCUT2D eigenvalue weighted by Gasteiger charge is 2.37. The van der Waals surface area contributed by atoms with Gasteiger partial charge in [0.25, 0.3) is 0 Å². The summed E-state index contributed by atoms with van der Waals surface area (Å²) in [4.78, 5) is 0. The Hall–Kier alpha value is -0.203. The minimum Gasteiger partial charge on any atom is -0.377 e. The van der Waals surface area contributed by atoms with Crippen molar-refractivity contribution < 1.29 is 13.3 Å². The Bertz CT molecular complexity index is 357. The van der Waals surface area contributed by atoms with Crippen LogP contribution in [0.25, 0.3) is 0 Å². The summed E-state index contributed by atoms with van der Waals surface area (Å²) < 4.78 is 16.6. The molecule has 0 spiro atoms. The molecular formula is C22H47NO3Si. The number of hydrogen-bond donors (Lipinski definition) is 1. The third-order valence-corrected chi connectivity index (χ3v) is 8.05. The van der Waals surface area contributed by atoms with Crippen molar-refractivity contribution in [2.24, 2.45) is 11.7 Å². The zero-order chi connectivity index (χ0) is 20.6. The highest BCUT2D eigenvalue weighted by molar-refractivity contribution is 6.60. The van der Waals surface area contributed by atoms with Crippen LogP contribution in [0.1, 0.15) is 91.4 Å². The molecule has 4 nitrogen and oxygen atoms in total. The fourth-order valence-electron chi connectivity index (χ4n) is 3.69. The first-order chi connectivity index (χ1) is 12.8. The van der Waals surface area contributed by atoms with E-state index in [4.69, 9.17) is 19.0 Å². The maximum absolute atomic E-state index is 6.31. The van der Waals surface area contributed by atoms with Gasteiger partial charge in [-0.3, -0.25) is 0 Å².